The average Bonchev–Trinajstić information content (AvgIpc) is 3.20. The predicted molar refractivity (Wildman–Crippen MR) is 91.6 cm³/mol. The normalized spacial score (nSPS) is 30.6. The van der Waals surface area contributed by atoms with E-state index in [-0.39, 0.29) is 11.8 Å². The zero-order valence-electron chi connectivity index (χ0n) is 13.4. The lowest BCUT2D eigenvalue weighted by molar-refractivity contribution is -0.0609. The van der Waals surface area contributed by atoms with Crippen molar-refractivity contribution in [2.45, 2.75) is 38.2 Å². The molecule has 2 aliphatic rings. The van der Waals surface area contributed by atoms with Gasteiger partial charge in [-0.2, -0.15) is 0 Å². The molecule has 1 aliphatic carbocycles. The Morgan fingerprint density at radius 1 is 1.48 bits per heavy atom. The third-order valence-electron chi connectivity index (χ3n) is 5.79. The van der Waals surface area contributed by atoms with Crippen LogP contribution in [0.15, 0.2) is 23.7 Å². The average molecular weight is 330 g/mol. The zero-order chi connectivity index (χ0) is 16.0. The summed E-state index contributed by atoms with van der Waals surface area (Å²) < 4.78 is 1.05. The molecule has 0 bridgehead atoms. The summed E-state index contributed by atoms with van der Waals surface area (Å²) in [7, 11) is 0. The molecule has 1 aliphatic heterocycles. The molecule has 2 aromatic rings. The van der Waals surface area contributed by atoms with Gasteiger partial charge in [0.05, 0.1) is 21.3 Å². The van der Waals surface area contributed by atoms with Gasteiger partial charge in [0.1, 0.15) is 0 Å². The molecule has 0 spiro atoms. The molecule has 122 valence electrons. The van der Waals surface area contributed by atoms with Gasteiger partial charge in [0.15, 0.2) is 0 Å². The first kappa shape index (κ1) is 15.1. The molecule has 5 heteroatoms. The Bertz CT molecular complexity index is 743. The summed E-state index contributed by atoms with van der Waals surface area (Å²) in [6.45, 7) is 3.53. The number of nitrogens with zero attached hydrogens (tertiary/aromatic N) is 2. The summed E-state index contributed by atoms with van der Waals surface area (Å²) in [5.41, 5.74) is 2.91. The Kier molecular flexibility index (Phi) is 3.65. The molecule has 2 fully saturated rings. The number of hydrogen-bond donors (Lipinski definition) is 1. The van der Waals surface area contributed by atoms with Crippen molar-refractivity contribution in [3.63, 3.8) is 0 Å². The van der Waals surface area contributed by atoms with Crippen molar-refractivity contribution >= 4 is 27.5 Å². The van der Waals surface area contributed by atoms with Crippen molar-refractivity contribution in [3.8, 4) is 0 Å². The van der Waals surface area contributed by atoms with Gasteiger partial charge >= 0.3 is 0 Å². The first-order valence-electron chi connectivity index (χ1n) is 8.45. The molecule has 3 atom stereocenters. The van der Waals surface area contributed by atoms with E-state index in [1.165, 1.54) is 0 Å². The number of amides is 1. The molecule has 23 heavy (non-hydrogen) atoms. The van der Waals surface area contributed by atoms with E-state index in [0.717, 1.165) is 48.0 Å². The SMILES string of the molecule is CC[C@]1(O)CCC[C@H]2CN(C(=O)c3ccc4ncsc4c3)C[C@H]21. The standard InChI is InChI=1S/C18H22N2O2S/c1-2-18(22)7-3-4-13-9-20(10-14(13)18)17(21)12-5-6-15-16(8-12)23-11-19-15/h5-6,8,11,13-14,22H,2-4,7,9-10H2,1H3/t13-,14+,18-/m0/s1. The zero-order valence-corrected chi connectivity index (χ0v) is 14.2. The highest BCUT2D eigenvalue weighted by Crippen LogP contribution is 2.44. The number of fused-ring (bicyclic) bond motifs is 2. The molecule has 1 aromatic heterocycles. The van der Waals surface area contributed by atoms with Crippen LogP contribution >= 0.6 is 11.3 Å². The lowest BCUT2D eigenvalue weighted by Crippen LogP contribution is -2.44. The van der Waals surface area contributed by atoms with Crippen LogP contribution in [-0.2, 0) is 0 Å². The fourth-order valence-corrected chi connectivity index (χ4v) is 5.12. The fraction of sp³-hybridized carbons (Fsp3) is 0.556. The molecule has 0 unspecified atom stereocenters. The molecule has 4 rings (SSSR count). The minimum absolute atomic E-state index is 0.0909. The largest absolute Gasteiger partial charge is 0.390 e. The monoisotopic (exact) mass is 330 g/mol. The van der Waals surface area contributed by atoms with Crippen molar-refractivity contribution < 1.29 is 9.90 Å². The molecule has 4 nitrogen and oxygen atoms in total. The molecule has 2 heterocycles. The Balaban J connectivity index is 1.57. The molecule has 1 saturated heterocycles. The summed E-state index contributed by atoms with van der Waals surface area (Å²) in [4.78, 5) is 19.1. The Morgan fingerprint density at radius 2 is 2.35 bits per heavy atom. The number of likely N-dealkylation sites (tertiary alicyclic amines) is 1. The minimum Gasteiger partial charge on any atom is -0.390 e. The molecule has 1 amide bonds. The summed E-state index contributed by atoms with van der Waals surface area (Å²) >= 11 is 1.56. The molecular weight excluding hydrogens is 308 g/mol. The van der Waals surface area contributed by atoms with Crippen molar-refractivity contribution in [3.05, 3.63) is 29.3 Å². The van der Waals surface area contributed by atoms with Gasteiger partial charge in [-0.3, -0.25) is 4.79 Å². The maximum absolute atomic E-state index is 12.9. The molecular formula is C18H22N2O2S. The maximum atomic E-state index is 12.9. The molecule has 1 saturated carbocycles. The van der Waals surface area contributed by atoms with Crippen molar-refractivity contribution in [2.24, 2.45) is 11.8 Å². The second-order valence-electron chi connectivity index (χ2n) is 6.96. The quantitative estimate of drug-likeness (QED) is 0.919. The number of aliphatic hydroxyl groups is 1. The number of hydrogen-bond acceptors (Lipinski definition) is 4. The van der Waals surface area contributed by atoms with E-state index in [1.807, 2.05) is 28.6 Å². The summed E-state index contributed by atoms with van der Waals surface area (Å²) in [5.74, 6) is 0.773. The lowest BCUT2D eigenvalue weighted by Gasteiger charge is -2.40. The highest BCUT2D eigenvalue weighted by molar-refractivity contribution is 7.16. The van der Waals surface area contributed by atoms with Crippen LogP contribution in [0.4, 0.5) is 0 Å². The third-order valence-corrected chi connectivity index (χ3v) is 6.59. The number of carbonyl (C=O) groups is 1. The van der Waals surface area contributed by atoms with Gasteiger partial charge in [-0.25, -0.2) is 4.98 Å². The smallest absolute Gasteiger partial charge is 0.253 e. The lowest BCUT2D eigenvalue weighted by atomic mass is 9.69. The van der Waals surface area contributed by atoms with E-state index >= 15 is 0 Å². The Hall–Kier alpha value is -1.46. The van der Waals surface area contributed by atoms with Gasteiger partial charge in [-0.1, -0.05) is 13.3 Å². The van der Waals surface area contributed by atoms with Crippen molar-refractivity contribution in [1.29, 1.82) is 0 Å². The van der Waals surface area contributed by atoms with Crippen LogP contribution in [0, 0.1) is 11.8 Å². The van der Waals surface area contributed by atoms with Gasteiger partial charge in [0.2, 0.25) is 0 Å². The van der Waals surface area contributed by atoms with Gasteiger partial charge in [-0.05, 0) is 43.4 Å². The van der Waals surface area contributed by atoms with E-state index in [0.29, 0.717) is 12.5 Å². The predicted octanol–water partition coefficient (Wildman–Crippen LogP) is 3.31. The second kappa shape index (κ2) is 5.56. The topological polar surface area (TPSA) is 53.4 Å². The minimum atomic E-state index is -0.584. The maximum Gasteiger partial charge on any atom is 0.253 e. The van der Waals surface area contributed by atoms with Crippen LogP contribution < -0.4 is 0 Å². The summed E-state index contributed by atoms with van der Waals surface area (Å²) in [5, 5.41) is 10.9. The molecule has 1 aromatic carbocycles. The Morgan fingerprint density at radius 3 is 3.17 bits per heavy atom. The van der Waals surface area contributed by atoms with E-state index in [4.69, 9.17) is 0 Å². The van der Waals surface area contributed by atoms with Crippen molar-refractivity contribution in [2.75, 3.05) is 13.1 Å². The van der Waals surface area contributed by atoms with Crippen LogP contribution in [0.25, 0.3) is 10.2 Å². The van der Waals surface area contributed by atoms with E-state index in [2.05, 4.69) is 11.9 Å². The third kappa shape index (κ3) is 2.46. The van der Waals surface area contributed by atoms with Gasteiger partial charge in [0.25, 0.3) is 5.91 Å². The van der Waals surface area contributed by atoms with Crippen LogP contribution in [0.1, 0.15) is 43.0 Å². The van der Waals surface area contributed by atoms with Gasteiger partial charge in [0, 0.05) is 24.6 Å². The highest BCUT2D eigenvalue weighted by atomic mass is 32.1. The fourth-order valence-electron chi connectivity index (χ4n) is 4.40. The first-order chi connectivity index (χ1) is 11.1. The van der Waals surface area contributed by atoms with E-state index in [9.17, 15) is 9.90 Å². The van der Waals surface area contributed by atoms with Crippen LogP contribution in [0.3, 0.4) is 0 Å². The Labute approximate surface area is 140 Å². The highest BCUT2D eigenvalue weighted by Gasteiger charge is 2.48. The van der Waals surface area contributed by atoms with Gasteiger partial charge in [-0.15, -0.1) is 11.3 Å². The number of carbonyl (C=O) groups excluding carboxylic acids is 1. The molecule has 1 N–H and O–H groups in total. The van der Waals surface area contributed by atoms with E-state index in [1.54, 1.807) is 11.3 Å². The van der Waals surface area contributed by atoms with E-state index < -0.39 is 5.60 Å². The number of benzene rings is 1. The number of aromatic nitrogens is 1. The number of rotatable bonds is 2. The van der Waals surface area contributed by atoms with Gasteiger partial charge < -0.3 is 10.0 Å². The number of thiazole rings is 1. The second-order valence-corrected chi connectivity index (χ2v) is 7.85. The first-order valence-corrected chi connectivity index (χ1v) is 9.33. The summed E-state index contributed by atoms with van der Waals surface area (Å²) in [6.07, 6.45) is 3.85. The van der Waals surface area contributed by atoms with Crippen LogP contribution in [-0.4, -0.2) is 39.6 Å². The molecule has 0 radical (unpaired) electrons. The van der Waals surface area contributed by atoms with Crippen LogP contribution in [0.5, 0.6) is 0 Å². The van der Waals surface area contributed by atoms with Crippen molar-refractivity contribution in [1.82, 2.24) is 9.88 Å². The summed E-state index contributed by atoms with van der Waals surface area (Å²) in [6, 6.07) is 5.74. The van der Waals surface area contributed by atoms with Crippen LogP contribution in [0.2, 0.25) is 0 Å².